The Balaban J connectivity index is 0. The van der Waals surface area contributed by atoms with Crippen LogP contribution in [-0.4, -0.2) is 12.5 Å². The summed E-state index contributed by atoms with van der Waals surface area (Å²) >= 11 is 1.75. The molecule has 0 saturated heterocycles. The van der Waals surface area contributed by atoms with Crippen LogP contribution >= 0.6 is 11.8 Å². The third kappa shape index (κ3) is 11.1. The molecule has 24 heavy (non-hydrogen) atoms. The predicted molar refractivity (Wildman–Crippen MR) is 117 cm³/mol. The Morgan fingerprint density at radius 2 is 1.42 bits per heavy atom. The van der Waals surface area contributed by atoms with E-state index in [-0.39, 0.29) is 0 Å². The second-order valence-corrected chi connectivity index (χ2v) is 5.62. The molecule has 0 heterocycles. The lowest BCUT2D eigenvalue weighted by atomic mass is 10.0. The van der Waals surface area contributed by atoms with Crippen LogP contribution in [0, 0.1) is 6.92 Å². The number of benzene rings is 2. The maximum atomic E-state index is 3.75. The van der Waals surface area contributed by atoms with Crippen molar-refractivity contribution < 1.29 is 0 Å². The number of hydrogen-bond donors (Lipinski definition) is 0. The molecule has 0 spiro atoms. The summed E-state index contributed by atoms with van der Waals surface area (Å²) < 4.78 is 0. The normalized spacial score (nSPS) is 8.46. The Kier molecular flexibility index (Phi) is 18.5. The van der Waals surface area contributed by atoms with E-state index in [4.69, 9.17) is 0 Å². The molecule has 2 aromatic carbocycles. The largest absolute Gasteiger partial charge is 0.169 e. The van der Waals surface area contributed by atoms with Gasteiger partial charge in [-0.15, -0.1) is 6.58 Å². The fraction of sp³-hybridized carbons (Fsp3) is 0.391. The molecule has 134 valence electrons. The smallest absolute Gasteiger partial charge is 0.0181 e. The molecule has 0 aromatic heterocycles. The first kappa shape index (κ1) is 24.8. The summed E-state index contributed by atoms with van der Waals surface area (Å²) in [6, 6.07) is 17.4. The summed E-state index contributed by atoms with van der Waals surface area (Å²) in [7, 11) is 0. The van der Waals surface area contributed by atoms with Crippen LogP contribution < -0.4 is 0 Å². The molecule has 0 N–H and O–H groups in total. The maximum absolute atomic E-state index is 3.75. The highest BCUT2D eigenvalue weighted by molar-refractivity contribution is 7.97. The molecule has 2 rings (SSSR count). The summed E-state index contributed by atoms with van der Waals surface area (Å²) in [5.74, 6) is 0. The lowest BCUT2D eigenvalue weighted by Crippen LogP contribution is -1.84. The second kappa shape index (κ2) is 17.9. The quantitative estimate of drug-likeness (QED) is 0.509. The molecule has 2 aromatic rings. The molecule has 0 radical (unpaired) electrons. The van der Waals surface area contributed by atoms with Crippen LogP contribution in [0.2, 0.25) is 0 Å². The number of thioether (sulfide) groups is 1. The van der Waals surface area contributed by atoms with E-state index in [0.717, 1.165) is 12.8 Å². The van der Waals surface area contributed by atoms with Crippen molar-refractivity contribution in [3.63, 3.8) is 0 Å². The summed E-state index contributed by atoms with van der Waals surface area (Å²) in [4.78, 5) is 0. The first-order chi connectivity index (χ1) is 11.7. The zero-order valence-electron chi connectivity index (χ0n) is 16.7. The summed E-state index contributed by atoms with van der Waals surface area (Å²) in [6.07, 6.45) is 8.18. The Morgan fingerprint density at radius 3 is 1.88 bits per heavy atom. The number of hydrogen-bond acceptors (Lipinski definition) is 1. The van der Waals surface area contributed by atoms with Gasteiger partial charge in [-0.25, -0.2) is 0 Å². The fourth-order valence-electron chi connectivity index (χ4n) is 1.96. The van der Waals surface area contributed by atoms with Gasteiger partial charge in [0, 0.05) is 0 Å². The first-order valence-corrected chi connectivity index (χ1v) is 10.5. The molecule has 0 aliphatic heterocycles. The van der Waals surface area contributed by atoms with E-state index in [1.54, 1.807) is 11.8 Å². The minimum absolute atomic E-state index is 1.05. The van der Waals surface area contributed by atoms with Crippen LogP contribution in [0.1, 0.15) is 45.2 Å². The van der Waals surface area contributed by atoms with Gasteiger partial charge < -0.3 is 0 Å². The molecule has 0 aliphatic carbocycles. The standard InChI is InChI=1S/C17H18.C2H6S.2C2H6/c1-3-4-7-15-9-11-16(12-10-15)17-8-5-6-14(2)13-17;1-3-2;2*1-2/h3,5-6,8-13H,1,4,7H2,2H3;1-2H3;2*1-2H3. The van der Waals surface area contributed by atoms with Crippen LogP contribution in [0.5, 0.6) is 0 Å². The van der Waals surface area contributed by atoms with Crippen molar-refractivity contribution >= 4 is 11.8 Å². The van der Waals surface area contributed by atoms with Gasteiger partial charge in [0.15, 0.2) is 0 Å². The van der Waals surface area contributed by atoms with Crippen molar-refractivity contribution in [2.24, 2.45) is 0 Å². The number of rotatable bonds is 4. The van der Waals surface area contributed by atoms with E-state index in [2.05, 4.69) is 62.0 Å². The third-order valence-corrected chi connectivity index (χ3v) is 2.94. The van der Waals surface area contributed by atoms with Crippen LogP contribution in [0.25, 0.3) is 11.1 Å². The Labute approximate surface area is 155 Å². The van der Waals surface area contributed by atoms with Crippen LogP contribution in [-0.2, 0) is 6.42 Å². The van der Waals surface area contributed by atoms with Crippen LogP contribution in [0.4, 0.5) is 0 Å². The molecular formula is C23H36S. The zero-order valence-corrected chi connectivity index (χ0v) is 17.5. The molecule has 0 amide bonds. The van der Waals surface area contributed by atoms with Gasteiger partial charge in [-0.05, 0) is 49.0 Å². The summed E-state index contributed by atoms with van der Waals surface area (Å²) in [5, 5.41) is 0. The van der Waals surface area contributed by atoms with Gasteiger partial charge in [0.05, 0.1) is 0 Å². The van der Waals surface area contributed by atoms with Crippen molar-refractivity contribution in [2.45, 2.75) is 47.5 Å². The van der Waals surface area contributed by atoms with Crippen molar-refractivity contribution in [1.82, 2.24) is 0 Å². The molecule has 0 saturated carbocycles. The predicted octanol–water partition coefficient (Wildman–Crippen LogP) is 7.81. The van der Waals surface area contributed by atoms with Crippen molar-refractivity contribution in [3.05, 3.63) is 72.3 Å². The molecule has 0 aliphatic rings. The van der Waals surface area contributed by atoms with Gasteiger partial charge in [0.25, 0.3) is 0 Å². The van der Waals surface area contributed by atoms with Gasteiger partial charge in [0.1, 0.15) is 0 Å². The molecule has 0 atom stereocenters. The van der Waals surface area contributed by atoms with Crippen molar-refractivity contribution in [2.75, 3.05) is 12.5 Å². The molecular weight excluding hydrogens is 308 g/mol. The van der Waals surface area contributed by atoms with E-state index in [9.17, 15) is 0 Å². The first-order valence-electron chi connectivity index (χ1n) is 8.88. The van der Waals surface area contributed by atoms with E-state index in [0.29, 0.717) is 0 Å². The fourth-order valence-corrected chi connectivity index (χ4v) is 1.96. The summed E-state index contributed by atoms with van der Waals surface area (Å²) in [6.45, 7) is 13.9. The molecule has 1 heteroatoms. The van der Waals surface area contributed by atoms with E-state index >= 15 is 0 Å². The lowest BCUT2D eigenvalue weighted by Gasteiger charge is -2.04. The topological polar surface area (TPSA) is 0 Å². The lowest BCUT2D eigenvalue weighted by molar-refractivity contribution is 1.00. The van der Waals surface area contributed by atoms with Gasteiger partial charge in [0.2, 0.25) is 0 Å². The Hall–Kier alpha value is -1.47. The van der Waals surface area contributed by atoms with Gasteiger partial charge in [-0.2, -0.15) is 11.8 Å². The molecule has 0 bridgehead atoms. The van der Waals surface area contributed by atoms with Crippen molar-refractivity contribution in [3.8, 4) is 11.1 Å². The second-order valence-electron chi connectivity index (χ2n) is 4.80. The highest BCUT2D eigenvalue weighted by atomic mass is 32.2. The average Bonchev–Trinajstić information content (AvgIpc) is 2.64. The number of allylic oxidation sites excluding steroid dienone is 1. The molecule has 0 nitrogen and oxygen atoms in total. The van der Waals surface area contributed by atoms with Gasteiger partial charge in [-0.1, -0.05) is 87.9 Å². The minimum atomic E-state index is 1.05. The Morgan fingerprint density at radius 1 is 0.875 bits per heavy atom. The van der Waals surface area contributed by atoms with Crippen molar-refractivity contribution in [1.29, 1.82) is 0 Å². The van der Waals surface area contributed by atoms with E-state index < -0.39 is 0 Å². The Bertz CT molecular complexity index is 512. The third-order valence-electron chi connectivity index (χ3n) is 2.94. The maximum Gasteiger partial charge on any atom is -0.0181 e. The van der Waals surface area contributed by atoms with Gasteiger partial charge >= 0.3 is 0 Å². The average molecular weight is 345 g/mol. The van der Waals surface area contributed by atoms with Crippen LogP contribution in [0.3, 0.4) is 0 Å². The van der Waals surface area contributed by atoms with E-state index in [1.165, 1.54) is 22.3 Å². The van der Waals surface area contributed by atoms with E-state index in [1.807, 2.05) is 46.3 Å². The molecule has 0 unspecified atom stereocenters. The highest BCUT2D eigenvalue weighted by Crippen LogP contribution is 2.21. The molecule has 0 fully saturated rings. The summed E-state index contributed by atoms with van der Waals surface area (Å²) in [5.41, 5.74) is 5.26. The highest BCUT2D eigenvalue weighted by Gasteiger charge is 1.98. The number of aryl methyl sites for hydroxylation is 2. The monoisotopic (exact) mass is 344 g/mol. The minimum Gasteiger partial charge on any atom is -0.169 e. The van der Waals surface area contributed by atoms with Gasteiger partial charge in [-0.3, -0.25) is 0 Å². The van der Waals surface area contributed by atoms with Crippen LogP contribution in [0.15, 0.2) is 61.2 Å². The SMILES string of the molecule is C=CCCc1ccc(-c2cccc(C)c2)cc1.CC.CC.CSC. The zero-order chi connectivity index (χ0) is 18.8.